The van der Waals surface area contributed by atoms with Crippen LogP contribution in [-0.2, 0) is 13.1 Å². The Morgan fingerprint density at radius 3 is 2.55 bits per heavy atom. The molecule has 1 aliphatic heterocycles. The fraction of sp³-hybridized carbons (Fsp3) is 0.320. The fourth-order valence-corrected chi connectivity index (χ4v) is 4.70. The molecule has 0 atom stereocenters. The molecule has 0 saturated heterocycles. The molecule has 1 N–H and O–H groups in total. The van der Waals surface area contributed by atoms with E-state index in [2.05, 4.69) is 15.4 Å². The summed E-state index contributed by atoms with van der Waals surface area (Å²) in [4.78, 5) is 44.0. The molecule has 3 aromatic rings. The van der Waals surface area contributed by atoms with Crippen molar-refractivity contribution >= 4 is 17.7 Å². The zero-order valence-electron chi connectivity index (χ0n) is 18.2. The molecule has 168 valence electrons. The number of amides is 3. The molecule has 1 aliphatic carbocycles. The molecule has 0 radical (unpaired) electrons. The van der Waals surface area contributed by atoms with Crippen molar-refractivity contribution in [3.63, 3.8) is 0 Å². The summed E-state index contributed by atoms with van der Waals surface area (Å²) >= 11 is 0. The van der Waals surface area contributed by atoms with Gasteiger partial charge in [0.1, 0.15) is 12.7 Å². The van der Waals surface area contributed by atoms with Crippen molar-refractivity contribution in [3.8, 4) is 0 Å². The maximum Gasteiger partial charge on any atom is 0.261 e. The third-order valence-corrected chi connectivity index (χ3v) is 6.38. The zero-order valence-corrected chi connectivity index (χ0v) is 18.2. The third kappa shape index (κ3) is 4.28. The van der Waals surface area contributed by atoms with Gasteiger partial charge in [0.2, 0.25) is 0 Å². The molecule has 1 saturated carbocycles. The van der Waals surface area contributed by atoms with E-state index in [0.717, 1.165) is 43.2 Å². The lowest BCUT2D eigenvalue weighted by molar-refractivity contribution is 0.0548. The number of imide groups is 1. The van der Waals surface area contributed by atoms with Gasteiger partial charge in [-0.2, -0.15) is 5.10 Å². The number of aromatic nitrogens is 3. The van der Waals surface area contributed by atoms with Crippen LogP contribution in [0.4, 0.5) is 0 Å². The Balaban J connectivity index is 1.26. The van der Waals surface area contributed by atoms with Crippen LogP contribution in [0.15, 0.2) is 55.1 Å². The van der Waals surface area contributed by atoms with E-state index in [9.17, 15) is 14.4 Å². The van der Waals surface area contributed by atoms with E-state index in [-0.39, 0.29) is 23.8 Å². The molecule has 1 aromatic heterocycles. The lowest BCUT2D eigenvalue weighted by Gasteiger charge is -2.29. The van der Waals surface area contributed by atoms with Crippen molar-refractivity contribution in [2.24, 2.45) is 0 Å². The summed E-state index contributed by atoms with van der Waals surface area (Å²) in [6.45, 7) is 0.947. The minimum absolute atomic E-state index is 0.0341. The second kappa shape index (κ2) is 8.97. The topological polar surface area (TPSA) is 97.2 Å². The van der Waals surface area contributed by atoms with E-state index in [0.29, 0.717) is 29.8 Å². The second-order valence-corrected chi connectivity index (χ2v) is 8.63. The number of hydrogen-bond acceptors (Lipinski definition) is 5. The van der Waals surface area contributed by atoms with E-state index in [1.807, 2.05) is 24.3 Å². The van der Waals surface area contributed by atoms with Gasteiger partial charge in [0.05, 0.1) is 17.7 Å². The summed E-state index contributed by atoms with van der Waals surface area (Å²) in [6.07, 6.45) is 8.07. The summed E-state index contributed by atoms with van der Waals surface area (Å²) in [5.74, 6) is -0.800. The number of rotatable bonds is 6. The van der Waals surface area contributed by atoms with Crippen LogP contribution in [0, 0.1) is 0 Å². The molecule has 8 heteroatoms. The first-order valence-electron chi connectivity index (χ1n) is 11.3. The largest absolute Gasteiger partial charge is 0.348 e. The summed E-state index contributed by atoms with van der Waals surface area (Å²) in [5.41, 5.74) is 3.10. The number of nitrogens with one attached hydrogen (secondary N) is 1. The highest BCUT2D eigenvalue weighted by molar-refractivity contribution is 6.22. The minimum Gasteiger partial charge on any atom is -0.348 e. The van der Waals surface area contributed by atoms with E-state index in [4.69, 9.17) is 0 Å². The number of nitrogens with zero attached hydrogens (tertiary/aromatic N) is 4. The van der Waals surface area contributed by atoms with Gasteiger partial charge in [0, 0.05) is 18.2 Å². The van der Waals surface area contributed by atoms with Crippen LogP contribution in [0.2, 0.25) is 0 Å². The Labute approximate surface area is 191 Å². The maximum atomic E-state index is 13.0. The Morgan fingerprint density at radius 2 is 1.76 bits per heavy atom. The van der Waals surface area contributed by atoms with Gasteiger partial charge in [0.15, 0.2) is 0 Å². The molecular formula is C25H25N5O3. The summed E-state index contributed by atoms with van der Waals surface area (Å²) in [5, 5.41) is 7.02. The lowest BCUT2D eigenvalue weighted by atomic mass is 9.94. The number of fused-ring (bicyclic) bond motifs is 1. The van der Waals surface area contributed by atoms with Gasteiger partial charge in [-0.1, -0.05) is 43.5 Å². The van der Waals surface area contributed by atoms with E-state index < -0.39 is 0 Å². The highest BCUT2D eigenvalue weighted by Crippen LogP contribution is 2.31. The van der Waals surface area contributed by atoms with Gasteiger partial charge in [-0.05, 0) is 42.2 Å². The Morgan fingerprint density at radius 1 is 0.970 bits per heavy atom. The molecular weight excluding hydrogens is 418 g/mol. The van der Waals surface area contributed by atoms with Gasteiger partial charge in [-0.15, -0.1) is 0 Å². The molecule has 8 nitrogen and oxygen atoms in total. The first-order chi connectivity index (χ1) is 16.1. The first-order valence-corrected chi connectivity index (χ1v) is 11.3. The number of benzene rings is 2. The lowest BCUT2D eigenvalue weighted by Crippen LogP contribution is -2.40. The van der Waals surface area contributed by atoms with E-state index in [1.165, 1.54) is 11.2 Å². The Bertz CT molecular complexity index is 1200. The van der Waals surface area contributed by atoms with Crippen molar-refractivity contribution in [1.82, 2.24) is 25.0 Å². The van der Waals surface area contributed by atoms with Crippen LogP contribution >= 0.6 is 0 Å². The number of carbonyl (C=O) groups is 3. The zero-order chi connectivity index (χ0) is 22.8. The quantitative estimate of drug-likeness (QED) is 0.590. The van der Waals surface area contributed by atoms with Crippen molar-refractivity contribution < 1.29 is 14.4 Å². The monoisotopic (exact) mass is 443 g/mol. The number of hydrogen-bond donors (Lipinski definition) is 1. The van der Waals surface area contributed by atoms with Crippen LogP contribution in [0.1, 0.15) is 74.3 Å². The Kier molecular flexibility index (Phi) is 5.73. The standard InChI is InChI=1S/C25H25N5O3/c31-23(27-13-17-5-4-6-18(11-17)14-29-16-26-15-28-29)19-9-10-21-22(12-19)25(33)30(24(21)32)20-7-2-1-3-8-20/h4-6,9-12,15-16,20H,1-3,7-8,13-14H2,(H,27,31). The predicted octanol–water partition coefficient (Wildman–Crippen LogP) is 3.19. The molecule has 33 heavy (non-hydrogen) atoms. The molecule has 0 unspecified atom stereocenters. The van der Waals surface area contributed by atoms with Crippen LogP contribution < -0.4 is 5.32 Å². The van der Waals surface area contributed by atoms with E-state index >= 15 is 0 Å². The highest BCUT2D eigenvalue weighted by Gasteiger charge is 2.40. The summed E-state index contributed by atoms with van der Waals surface area (Å²) in [6, 6.07) is 12.6. The first kappa shape index (κ1) is 21.1. The van der Waals surface area contributed by atoms with Gasteiger partial charge >= 0.3 is 0 Å². The molecule has 2 heterocycles. The van der Waals surface area contributed by atoms with Crippen LogP contribution in [0.25, 0.3) is 0 Å². The predicted molar refractivity (Wildman–Crippen MR) is 121 cm³/mol. The smallest absolute Gasteiger partial charge is 0.261 e. The van der Waals surface area contributed by atoms with Crippen LogP contribution in [0.5, 0.6) is 0 Å². The van der Waals surface area contributed by atoms with Crippen molar-refractivity contribution in [3.05, 3.63) is 82.9 Å². The summed E-state index contributed by atoms with van der Waals surface area (Å²) in [7, 11) is 0. The number of carbonyl (C=O) groups excluding carboxylic acids is 3. The van der Waals surface area contributed by atoms with Crippen molar-refractivity contribution in [2.75, 3.05) is 0 Å². The molecule has 1 fully saturated rings. The minimum atomic E-state index is -0.282. The average molecular weight is 444 g/mol. The van der Waals surface area contributed by atoms with Gasteiger partial charge < -0.3 is 5.32 Å². The van der Waals surface area contributed by atoms with Crippen LogP contribution in [0.3, 0.4) is 0 Å². The molecule has 5 rings (SSSR count). The summed E-state index contributed by atoms with van der Waals surface area (Å²) < 4.78 is 1.73. The fourth-order valence-electron chi connectivity index (χ4n) is 4.70. The highest BCUT2D eigenvalue weighted by atomic mass is 16.2. The normalized spacial score (nSPS) is 16.2. The molecule has 2 aliphatic rings. The SMILES string of the molecule is O=C(NCc1cccc(Cn2cncn2)c1)c1ccc2c(c1)C(=O)N(C1CCCCC1)C2=O. The van der Waals surface area contributed by atoms with Gasteiger partial charge in [0.25, 0.3) is 17.7 Å². The van der Waals surface area contributed by atoms with Crippen molar-refractivity contribution in [2.45, 2.75) is 51.2 Å². The van der Waals surface area contributed by atoms with Gasteiger partial charge in [-0.3, -0.25) is 19.3 Å². The third-order valence-electron chi connectivity index (χ3n) is 6.38. The van der Waals surface area contributed by atoms with E-state index in [1.54, 1.807) is 29.2 Å². The maximum absolute atomic E-state index is 13.0. The molecule has 0 spiro atoms. The van der Waals surface area contributed by atoms with Gasteiger partial charge in [-0.25, -0.2) is 9.67 Å². The average Bonchev–Trinajstić information content (AvgIpc) is 3.44. The molecule has 2 aromatic carbocycles. The molecule has 0 bridgehead atoms. The second-order valence-electron chi connectivity index (χ2n) is 8.63. The molecule has 3 amide bonds. The van der Waals surface area contributed by atoms with Crippen LogP contribution in [-0.4, -0.2) is 43.4 Å². The Hall–Kier alpha value is -3.81. The van der Waals surface area contributed by atoms with Crippen molar-refractivity contribution in [1.29, 1.82) is 0 Å².